The summed E-state index contributed by atoms with van der Waals surface area (Å²) in [5.74, 6) is 0.812. The second-order valence-electron chi connectivity index (χ2n) is 5.71. The highest BCUT2D eigenvalue weighted by Crippen LogP contribution is 2.22. The van der Waals surface area contributed by atoms with Crippen molar-refractivity contribution in [2.45, 2.75) is 33.4 Å². The lowest BCUT2D eigenvalue weighted by Gasteiger charge is -2.34. The number of carbonyl (C=O) groups excluding carboxylic acids is 1. The molecule has 22 heavy (non-hydrogen) atoms. The van der Waals surface area contributed by atoms with E-state index in [1.165, 1.54) is 0 Å². The molecule has 0 saturated carbocycles. The molecule has 1 aliphatic heterocycles. The van der Waals surface area contributed by atoms with E-state index in [0.717, 1.165) is 22.9 Å². The Balaban J connectivity index is 1.78. The lowest BCUT2D eigenvalue weighted by molar-refractivity contribution is -0.141. The fourth-order valence-corrected chi connectivity index (χ4v) is 2.78. The predicted octanol–water partition coefficient (Wildman–Crippen LogP) is 1.13. The highest BCUT2D eigenvalue weighted by atomic mass is 16.5. The van der Waals surface area contributed by atoms with Crippen LogP contribution in [0.1, 0.15) is 28.9 Å². The number of morpholine rings is 1. The number of hydrogen-bond acceptors (Lipinski definition) is 4. The van der Waals surface area contributed by atoms with Crippen molar-refractivity contribution in [2.24, 2.45) is 0 Å². The van der Waals surface area contributed by atoms with Gasteiger partial charge in [-0.25, -0.2) is 4.98 Å². The molecule has 118 valence electrons. The first-order chi connectivity index (χ1) is 10.5. The molecule has 0 spiro atoms. The number of ether oxygens (including phenoxy) is 1. The topological polar surface area (TPSA) is 76.0 Å². The van der Waals surface area contributed by atoms with Crippen molar-refractivity contribution in [3.63, 3.8) is 0 Å². The summed E-state index contributed by atoms with van der Waals surface area (Å²) in [7, 11) is 0. The van der Waals surface area contributed by atoms with Gasteiger partial charge in [0, 0.05) is 24.1 Å². The molecule has 1 amide bonds. The molecule has 1 N–H and O–H groups in total. The van der Waals surface area contributed by atoms with E-state index in [1.54, 1.807) is 10.9 Å². The number of aromatic nitrogens is 4. The summed E-state index contributed by atoms with van der Waals surface area (Å²) >= 11 is 0. The monoisotopic (exact) mass is 303 g/mol. The van der Waals surface area contributed by atoms with E-state index >= 15 is 0 Å². The van der Waals surface area contributed by atoms with Gasteiger partial charge in [0.25, 0.3) is 0 Å². The van der Waals surface area contributed by atoms with E-state index in [2.05, 4.69) is 15.1 Å². The molecule has 1 saturated heterocycles. The Bertz CT molecular complexity index is 675. The number of carbonyl (C=O) groups is 1. The largest absolute Gasteiger partial charge is 0.377 e. The highest BCUT2D eigenvalue weighted by molar-refractivity contribution is 5.76. The van der Waals surface area contributed by atoms with E-state index in [0.29, 0.717) is 19.8 Å². The zero-order valence-corrected chi connectivity index (χ0v) is 13.2. The van der Waals surface area contributed by atoms with Gasteiger partial charge in [0.1, 0.15) is 18.4 Å². The maximum absolute atomic E-state index is 12.7. The van der Waals surface area contributed by atoms with Crippen LogP contribution in [0, 0.1) is 20.8 Å². The van der Waals surface area contributed by atoms with Crippen LogP contribution >= 0.6 is 0 Å². The summed E-state index contributed by atoms with van der Waals surface area (Å²) < 4.78 is 7.28. The number of aromatic amines is 1. The maximum Gasteiger partial charge on any atom is 0.245 e. The SMILES string of the molecule is Cc1cc(C)n(CC(=O)N2CCOC[C@@H]2c2ncc(C)[nH]2)n1. The van der Waals surface area contributed by atoms with Gasteiger partial charge in [0.2, 0.25) is 5.91 Å². The van der Waals surface area contributed by atoms with Gasteiger partial charge in [-0.05, 0) is 26.8 Å². The van der Waals surface area contributed by atoms with Gasteiger partial charge in [-0.1, -0.05) is 0 Å². The quantitative estimate of drug-likeness (QED) is 0.922. The van der Waals surface area contributed by atoms with Crippen LogP contribution in [0.3, 0.4) is 0 Å². The lowest BCUT2D eigenvalue weighted by Crippen LogP contribution is -2.45. The Hall–Kier alpha value is -2.15. The predicted molar refractivity (Wildman–Crippen MR) is 80.3 cm³/mol. The number of amides is 1. The molecular formula is C15H21N5O2. The van der Waals surface area contributed by atoms with Crippen LogP contribution in [0.4, 0.5) is 0 Å². The highest BCUT2D eigenvalue weighted by Gasteiger charge is 2.30. The van der Waals surface area contributed by atoms with Crippen molar-refractivity contribution in [3.05, 3.63) is 35.2 Å². The van der Waals surface area contributed by atoms with E-state index < -0.39 is 0 Å². The van der Waals surface area contributed by atoms with Gasteiger partial charge >= 0.3 is 0 Å². The Morgan fingerprint density at radius 2 is 2.27 bits per heavy atom. The average molecular weight is 303 g/mol. The second-order valence-corrected chi connectivity index (χ2v) is 5.71. The minimum absolute atomic E-state index is 0.0357. The van der Waals surface area contributed by atoms with Crippen molar-refractivity contribution in [1.82, 2.24) is 24.6 Å². The molecule has 0 radical (unpaired) electrons. The normalized spacial score (nSPS) is 18.7. The molecule has 7 heteroatoms. The van der Waals surface area contributed by atoms with Crippen LogP contribution < -0.4 is 0 Å². The molecule has 0 aromatic carbocycles. The van der Waals surface area contributed by atoms with Crippen molar-refractivity contribution in [2.75, 3.05) is 19.8 Å². The van der Waals surface area contributed by atoms with E-state index in [-0.39, 0.29) is 18.5 Å². The van der Waals surface area contributed by atoms with E-state index in [4.69, 9.17) is 4.74 Å². The molecule has 0 unspecified atom stereocenters. The molecule has 1 fully saturated rings. The number of nitrogens with one attached hydrogen (secondary N) is 1. The summed E-state index contributed by atoms with van der Waals surface area (Å²) in [4.78, 5) is 22.1. The third-order valence-corrected chi connectivity index (χ3v) is 3.88. The van der Waals surface area contributed by atoms with Crippen LogP contribution in [0.2, 0.25) is 0 Å². The van der Waals surface area contributed by atoms with Gasteiger partial charge in [-0.2, -0.15) is 5.10 Å². The first kappa shape index (κ1) is 14.8. The third kappa shape index (κ3) is 2.89. The molecule has 2 aromatic rings. The summed E-state index contributed by atoms with van der Waals surface area (Å²) in [6.07, 6.45) is 1.77. The summed E-state index contributed by atoms with van der Waals surface area (Å²) in [6, 6.07) is 1.81. The van der Waals surface area contributed by atoms with Crippen LogP contribution in [0.25, 0.3) is 0 Å². The Labute approximate surface area is 129 Å². The Morgan fingerprint density at radius 1 is 1.45 bits per heavy atom. The summed E-state index contributed by atoms with van der Waals surface area (Å²) in [5.41, 5.74) is 2.89. The average Bonchev–Trinajstić information content (AvgIpc) is 3.05. The smallest absolute Gasteiger partial charge is 0.245 e. The maximum atomic E-state index is 12.7. The van der Waals surface area contributed by atoms with Gasteiger partial charge in [0.05, 0.1) is 18.9 Å². The number of aryl methyl sites for hydroxylation is 3. The number of rotatable bonds is 3. The summed E-state index contributed by atoms with van der Waals surface area (Å²) in [5, 5.41) is 4.36. The van der Waals surface area contributed by atoms with Crippen LogP contribution in [-0.4, -0.2) is 50.3 Å². The molecule has 2 aromatic heterocycles. The zero-order chi connectivity index (χ0) is 15.7. The Morgan fingerprint density at radius 3 is 2.91 bits per heavy atom. The molecule has 3 heterocycles. The van der Waals surface area contributed by atoms with Gasteiger partial charge < -0.3 is 14.6 Å². The van der Waals surface area contributed by atoms with Crippen molar-refractivity contribution >= 4 is 5.91 Å². The number of hydrogen-bond donors (Lipinski definition) is 1. The number of imidazole rings is 1. The number of H-pyrrole nitrogens is 1. The van der Waals surface area contributed by atoms with Crippen molar-refractivity contribution < 1.29 is 9.53 Å². The standard InChI is InChI=1S/C15H21N5O2/c1-10-6-12(3)20(18-10)8-14(21)19-4-5-22-9-13(19)15-16-7-11(2)17-15/h6-7,13H,4-5,8-9H2,1-3H3,(H,16,17)/t13-/m1/s1. The molecule has 0 aliphatic carbocycles. The van der Waals surface area contributed by atoms with Gasteiger partial charge in [-0.3, -0.25) is 9.48 Å². The number of nitrogens with zero attached hydrogens (tertiary/aromatic N) is 4. The molecule has 7 nitrogen and oxygen atoms in total. The van der Waals surface area contributed by atoms with Crippen LogP contribution in [0.15, 0.2) is 12.3 Å². The lowest BCUT2D eigenvalue weighted by atomic mass is 10.2. The second kappa shape index (κ2) is 5.92. The van der Waals surface area contributed by atoms with Crippen LogP contribution in [0.5, 0.6) is 0 Å². The van der Waals surface area contributed by atoms with Crippen molar-refractivity contribution in [3.8, 4) is 0 Å². The van der Waals surface area contributed by atoms with Crippen LogP contribution in [-0.2, 0) is 16.1 Å². The molecule has 1 aliphatic rings. The molecular weight excluding hydrogens is 282 g/mol. The fourth-order valence-electron chi connectivity index (χ4n) is 2.78. The molecule has 1 atom stereocenters. The fraction of sp³-hybridized carbons (Fsp3) is 0.533. The Kier molecular flexibility index (Phi) is 3.98. The van der Waals surface area contributed by atoms with E-state index in [9.17, 15) is 4.79 Å². The summed E-state index contributed by atoms with van der Waals surface area (Å²) in [6.45, 7) is 7.67. The zero-order valence-electron chi connectivity index (χ0n) is 13.2. The third-order valence-electron chi connectivity index (χ3n) is 3.88. The van der Waals surface area contributed by atoms with Crippen molar-refractivity contribution in [1.29, 1.82) is 0 Å². The van der Waals surface area contributed by atoms with E-state index in [1.807, 2.05) is 31.7 Å². The molecule has 0 bridgehead atoms. The minimum atomic E-state index is -0.160. The van der Waals surface area contributed by atoms with Gasteiger partial charge in [-0.15, -0.1) is 0 Å². The first-order valence-electron chi connectivity index (χ1n) is 7.44. The minimum Gasteiger partial charge on any atom is -0.377 e. The molecule has 3 rings (SSSR count). The van der Waals surface area contributed by atoms with Gasteiger partial charge in [0.15, 0.2) is 0 Å². The first-order valence-corrected chi connectivity index (χ1v) is 7.44.